The number of hydrogen-bond donors (Lipinski definition) is 0. The van der Waals surface area contributed by atoms with Crippen molar-refractivity contribution in [1.82, 2.24) is 0 Å². The summed E-state index contributed by atoms with van der Waals surface area (Å²) < 4.78 is 0. The standard InChI is InChI=1S/C26H22/c1-2-24(20-12-6-3-7-13-20)23-18-25(21-14-8-4-9-15-21)26(19-23)22-16-10-5-11-17-22/h2-18,26H,1,19H2/b24-23-. The molecule has 0 bridgehead atoms. The van der Waals surface area contributed by atoms with Crippen LogP contribution in [0.2, 0.25) is 0 Å². The van der Waals surface area contributed by atoms with E-state index in [1.807, 2.05) is 6.08 Å². The summed E-state index contributed by atoms with van der Waals surface area (Å²) in [6, 6.07) is 32.1. The van der Waals surface area contributed by atoms with E-state index in [1.54, 1.807) is 0 Å². The van der Waals surface area contributed by atoms with Gasteiger partial charge in [0.1, 0.15) is 0 Å². The van der Waals surface area contributed by atoms with Gasteiger partial charge in [-0.3, -0.25) is 0 Å². The van der Waals surface area contributed by atoms with Crippen LogP contribution in [0.4, 0.5) is 0 Å². The summed E-state index contributed by atoms with van der Waals surface area (Å²) in [5.41, 5.74) is 7.88. The first kappa shape index (κ1) is 16.4. The van der Waals surface area contributed by atoms with Crippen molar-refractivity contribution in [3.05, 3.63) is 132 Å². The zero-order valence-electron chi connectivity index (χ0n) is 14.8. The van der Waals surface area contributed by atoms with Crippen LogP contribution in [-0.2, 0) is 0 Å². The molecule has 0 aromatic heterocycles. The summed E-state index contributed by atoms with van der Waals surface area (Å²) in [4.78, 5) is 0. The average molecular weight is 334 g/mol. The molecule has 0 heterocycles. The molecule has 1 aliphatic carbocycles. The second-order valence-electron chi connectivity index (χ2n) is 6.64. The maximum Gasteiger partial charge on any atom is 0.0136 e. The van der Waals surface area contributed by atoms with Gasteiger partial charge in [-0.05, 0) is 39.8 Å². The molecule has 126 valence electrons. The van der Waals surface area contributed by atoms with Gasteiger partial charge in [0.05, 0.1) is 0 Å². The molecule has 26 heavy (non-hydrogen) atoms. The molecule has 1 unspecified atom stereocenters. The zero-order valence-corrected chi connectivity index (χ0v) is 14.8. The van der Waals surface area contributed by atoms with Gasteiger partial charge in [-0.15, -0.1) is 0 Å². The average Bonchev–Trinajstić information content (AvgIpc) is 3.16. The van der Waals surface area contributed by atoms with Gasteiger partial charge < -0.3 is 0 Å². The van der Waals surface area contributed by atoms with Crippen molar-refractivity contribution in [3.8, 4) is 0 Å². The van der Waals surface area contributed by atoms with E-state index < -0.39 is 0 Å². The van der Waals surface area contributed by atoms with Gasteiger partial charge in [0, 0.05) is 5.92 Å². The lowest BCUT2D eigenvalue weighted by molar-refractivity contribution is 0.894. The van der Waals surface area contributed by atoms with Crippen LogP contribution in [0.15, 0.2) is 115 Å². The van der Waals surface area contributed by atoms with E-state index in [0.29, 0.717) is 5.92 Å². The molecular weight excluding hydrogens is 312 g/mol. The minimum atomic E-state index is 0.382. The van der Waals surface area contributed by atoms with E-state index in [1.165, 1.54) is 33.4 Å². The largest absolute Gasteiger partial charge is 0.0984 e. The molecule has 0 aliphatic heterocycles. The monoisotopic (exact) mass is 334 g/mol. The fourth-order valence-electron chi connectivity index (χ4n) is 3.81. The van der Waals surface area contributed by atoms with Crippen molar-refractivity contribution in [2.45, 2.75) is 12.3 Å². The summed E-state index contributed by atoms with van der Waals surface area (Å²) in [6.07, 6.45) is 5.37. The van der Waals surface area contributed by atoms with E-state index in [2.05, 4.69) is 104 Å². The van der Waals surface area contributed by atoms with Gasteiger partial charge in [-0.25, -0.2) is 0 Å². The predicted octanol–water partition coefficient (Wildman–Crippen LogP) is 6.90. The lowest BCUT2D eigenvalue weighted by atomic mass is 9.88. The Hall–Kier alpha value is -3.12. The van der Waals surface area contributed by atoms with Crippen LogP contribution in [0.3, 0.4) is 0 Å². The highest BCUT2D eigenvalue weighted by molar-refractivity contribution is 5.86. The SMILES string of the molecule is C=C/C(=C1\C=C(c2ccccc2)C(c2ccccc2)C1)c1ccccc1. The van der Waals surface area contributed by atoms with E-state index in [-0.39, 0.29) is 0 Å². The highest BCUT2D eigenvalue weighted by atomic mass is 14.3. The Morgan fingerprint density at radius 1 is 0.769 bits per heavy atom. The maximum absolute atomic E-state index is 4.09. The first-order chi connectivity index (χ1) is 12.9. The van der Waals surface area contributed by atoms with Crippen LogP contribution in [0.25, 0.3) is 11.1 Å². The Kier molecular flexibility index (Phi) is 4.66. The Balaban J connectivity index is 1.85. The van der Waals surface area contributed by atoms with Crippen molar-refractivity contribution in [2.75, 3.05) is 0 Å². The quantitative estimate of drug-likeness (QED) is 0.487. The molecule has 3 aromatic rings. The van der Waals surface area contributed by atoms with E-state index in [4.69, 9.17) is 0 Å². The molecule has 1 atom stereocenters. The minimum absolute atomic E-state index is 0.382. The second-order valence-corrected chi connectivity index (χ2v) is 6.64. The molecular formula is C26H22. The molecule has 0 fully saturated rings. The van der Waals surface area contributed by atoms with Crippen LogP contribution in [0.5, 0.6) is 0 Å². The summed E-state index contributed by atoms with van der Waals surface area (Å²) in [6.45, 7) is 4.09. The third-order valence-corrected chi connectivity index (χ3v) is 5.07. The first-order valence-electron chi connectivity index (χ1n) is 9.10. The molecule has 0 spiro atoms. The van der Waals surface area contributed by atoms with Gasteiger partial charge >= 0.3 is 0 Å². The Bertz CT molecular complexity index is 945. The van der Waals surface area contributed by atoms with Gasteiger partial charge in [-0.2, -0.15) is 0 Å². The van der Waals surface area contributed by atoms with Crippen molar-refractivity contribution in [3.63, 3.8) is 0 Å². The minimum Gasteiger partial charge on any atom is -0.0984 e. The highest BCUT2D eigenvalue weighted by Crippen LogP contribution is 2.45. The number of allylic oxidation sites excluding steroid dienone is 5. The van der Waals surface area contributed by atoms with E-state index in [0.717, 1.165) is 6.42 Å². The lowest BCUT2D eigenvalue weighted by Gasteiger charge is -2.16. The van der Waals surface area contributed by atoms with Gasteiger partial charge in [-0.1, -0.05) is 110 Å². The Labute approximate surface area is 155 Å². The third kappa shape index (κ3) is 3.19. The fraction of sp³-hybridized carbons (Fsp3) is 0.0769. The summed E-state index contributed by atoms with van der Waals surface area (Å²) in [7, 11) is 0. The van der Waals surface area contributed by atoms with Crippen LogP contribution in [0.1, 0.15) is 29.0 Å². The van der Waals surface area contributed by atoms with Crippen molar-refractivity contribution in [2.24, 2.45) is 0 Å². The van der Waals surface area contributed by atoms with Crippen LogP contribution < -0.4 is 0 Å². The zero-order chi connectivity index (χ0) is 17.8. The summed E-state index contributed by atoms with van der Waals surface area (Å²) >= 11 is 0. The van der Waals surface area contributed by atoms with Crippen LogP contribution in [-0.4, -0.2) is 0 Å². The van der Waals surface area contributed by atoms with Crippen molar-refractivity contribution < 1.29 is 0 Å². The van der Waals surface area contributed by atoms with Crippen LogP contribution >= 0.6 is 0 Å². The molecule has 0 N–H and O–H groups in total. The topological polar surface area (TPSA) is 0 Å². The second kappa shape index (κ2) is 7.41. The summed E-state index contributed by atoms with van der Waals surface area (Å²) in [5.74, 6) is 0.382. The molecule has 0 saturated carbocycles. The molecule has 0 radical (unpaired) electrons. The highest BCUT2D eigenvalue weighted by Gasteiger charge is 2.26. The Morgan fingerprint density at radius 2 is 1.35 bits per heavy atom. The molecule has 0 saturated heterocycles. The molecule has 4 rings (SSSR count). The summed E-state index contributed by atoms with van der Waals surface area (Å²) in [5, 5.41) is 0. The molecule has 0 amide bonds. The fourth-order valence-corrected chi connectivity index (χ4v) is 3.81. The van der Waals surface area contributed by atoms with Crippen LogP contribution in [0, 0.1) is 0 Å². The normalized spacial score (nSPS) is 18.3. The van der Waals surface area contributed by atoms with Crippen molar-refractivity contribution >= 4 is 11.1 Å². The number of rotatable bonds is 4. The predicted molar refractivity (Wildman–Crippen MR) is 112 cm³/mol. The lowest BCUT2D eigenvalue weighted by Crippen LogP contribution is -1.98. The van der Waals surface area contributed by atoms with Gasteiger partial charge in [0.15, 0.2) is 0 Å². The maximum atomic E-state index is 4.09. The van der Waals surface area contributed by atoms with E-state index in [9.17, 15) is 0 Å². The molecule has 0 nitrogen and oxygen atoms in total. The Morgan fingerprint density at radius 3 is 1.96 bits per heavy atom. The number of hydrogen-bond acceptors (Lipinski definition) is 0. The van der Waals surface area contributed by atoms with Gasteiger partial charge in [0.2, 0.25) is 0 Å². The van der Waals surface area contributed by atoms with Gasteiger partial charge in [0.25, 0.3) is 0 Å². The molecule has 1 aliphatic rings. The van der Waals surface area contributed by atoms with Crippen molar-refractivity contribution in [1.29, 1.82) is 0 Å². The third-order valence-electron chi connectivity index (χ3n) is 5.07. The first-order valence-corrected chi connectivity index (χ1v) is 9.10. The molecule has 0 heteroatoms. The smallest absolute Gasteiger partial charge is 0.0136 e. The number of benzene rings is 3. The van der Waals surface area contributed by atoms with E-state index >= 15 is 0 Å². The molecule has 3 aromatic carbocycles.